The number of aromatic nitrogens is 3. The van der Waals surface area contributed by atoms with E-state index in [1.54, 1.807) is 31.3 Å². The molecule has 3 fully saturated rings. The highest BCUT2D eigenvalue weighted by molar-refractivity contribution is 6.01. The third kappa shape index (κ3) is 5.52. The lowest BCUT2D eigenvalue weighted by molar-refractivity contribution is 0.0447. The smallest absolute Gasteiger partial charge is 0.319 e. The maximum absolute atomic E-state index is 17.0. The second-order valence-corrected chi connectivity index (χ2v) is 13.2. The summed E-state index contributed by atoms with van der Waals surface area (Å²) >= 11 is 0. The number of fused-ring (bicyclic) bond motifs is 3. The van der Waals surface area contributed by atoms with E-state index in [1.807, 2.05) is 11.8 Å². The van der Waals surface area contributed by atoms with E-state index >= 15 is 8.78 Å². The van der Waals surface area contributed by atoms with Crippen LogP contribution in [0.3, 0.4) is 0 Å². The Hall–Kier alpha value is -3.67. The van der Waals surface area contributed by atoms with Crippen LogP contribution in [0.15, 0.2) is 30.5 Å². The molecule has 0 unspecified atom stereocenters. The minimum atomic E-state index is -0.919. The molecule has 244 valence electrons. The average molecular weight is 634 g/mol. The molecule has 7 rings (SSSR count). The topological polar surface area (TPSA) is 93.1 Å². The van der Waals surface area contributed by atoms with Crippen molar-refractivity contribution in [2.75, 3.05) is 51.6 Å². The number of methoxy groups -OCH3 is 1. The maximum atomic E-state index is 17.0. The Bertz CT molecular complexity index is 1770. The SMILES string of the molecule is CCc1c(F)ccc2cc(OCOC)cc(-c3ncc4c(N5CCC[C@@](C)(O)C5)nc(OCC56CCCN5CCC6)nc4c3F)c12. The fourth-order valence-corrected chi connectivity index (χ4v) is 7.81. The number of hydrogen-bond donors (Lipinski definition) is 1. The average Bonchev–Trinajstić information content (AvgIpc) is 3.63. The largest absolute Gasteiger partial charge is 0.468 e. The lowest BCUT2D eigenvalue weighted by atomic mass is 9.94. The highest BCUT2D eigenvalue weighted by Crippen LogP contribution is 2.41. The number of hydrogen-bond acceptors (Lipinski definition) is 9. The summed E-state index contributed by atoms with van der Waals surface area (Å²) in [7, 11) is 1.52. The summed E-state index contributed by atoms with van der Waals surface area (Å²) in [5.74, 6) is -0.104. The fourth-order valence-electron chi connectivity index (χ4n) is 7.81. The van der Waals surface area contributed by atoms with E-state index in [2.05, 4.69) is 14.9 Å². The Morgan fingerprint density at radius 3 is 2.52 bits per heavy atom. The number of nitrogens with zero attached hydrogens (tertiary/aromatic N) is 5. The van der Waals surface area contributed by atoms with Gasteiger partial charge in [0.05, 0.1) is 16.5 Å². The van der Waals surface area contributed by atoms with Gasteiger partial charge in [-0.2, -0.15) is 9.97 Å². The summed E-state index contributed by atoms with van der Waals surface area (Å²) in [5, 5.41) is 12.6. The number of pyridine rings is 1. The first-order valence-electron chi connectivity index (χ1n) is 16.3. The van der Waals surface area contributed by atoms with Crippen molar-refractivity contribution in [3.05, 3.63) is 47.7 Å². The van der Waals surface area contributed by atoms with Crippen LogP contribution in [-0.4, -0.2) is 82.8 Å². The molecule has 5 heterocycles. The lowest BCUT2D eigenvalue weighted by Crippen LogP contribution is -2.46. The van der Waals surface area contributed by atoms with Gasteiger partial charge in [0.25, 0.3) is 0 Å². The number of rotatable bonds is 9. The van der Waals surface area contributed by atoms with Crippen molar-refractivity contribution in [3.63, 3.8) is 0 Å². The van der Waals surface area contributed by atoms with E-state index in [9.17, 15) is 5.11 Å². The first kappa shape index (κ1) is 31.0. The maximum Gasteiger partial charge on any atom is 0.319 e. The van der Waals surface area contributed by atoms with Gasteiger partial charge in [-0.05, 0) is 99.5 Å². The summed E-state index contributed by atoms with van der Waals surface area (Å²) in [4.78, 5) is 18.6. The molecule has 3 saturated heterocycles. The monoisotopic (exact) mass is 633 g/mol. The first-order chi connectivity index (χ1) is 22.2. The molecule has 11 heteroatoms. The van der Waals surface area contributed by atoms with Gasteiger partial charge in [-0.1, -0.05) is 13.0 Å². The molecule has 0 aliphatic carbocycles. The van der Waals surface area contributed by atoms with Gasteiger partial charge in [-0.3, -0.25) is 9.88 Å². The summed E-state index contributed by atoms with van der Waals surface area (Å²) in [6.45, 7) is 7.19. The van der Waals surface area contributed by atoms with Crippen molar-refractivity contribution in [2.45, 2.75) is 69.9 Å². The molecule has 2 aromatic carbocycles. The highest BCUT2D eigenvalue weighted by Gasteiger charge is 2.45. The number of ether oxygens (including phenoxy) is 3. The quantitative estimate of drug-likeness (QED) is 0.222. The van der Waals surface area contributed by atoms with E-state index in [1.165, 1.54) is 13.2 Å². The third-order valence-electron chi connectivity index (χ3n) is 9.99. The molecular formula is C35H41F2N5O4. The Morgan fingerprint density at radius 1 is 1.00 bits per heavy atom. The van der Waals surface area contributed by atoms with E-state index < -0.39 is 11.4 Å². The van der Waals surface area contributed by atoms with Gasteiger partial charge in [0.2, 0.25) is 0 Å². The first-order valence-corrected chi connectivity index (χ1v) is 16.3. The zero-order chi connectivity index (χ0) is 32.1. The summed E-state index contributed by atoms with van der Waals surface area (Å²) in [5.41, 5.74) is -0.0114. The number of aliphatic hydroxyl groups is 1. The minimum Gasteiger partial charge on any atom is -0.468 e. The molecule has 3 aliphatic heterocycles. The van der Waals surface area contributed by atoms with Crippen LogP contribution in [0.1, 0.15) is 57.9 Å². The highest BCUT2D eigenvalue weighted by atomic mass is 19.1. The predicted octanol–water partition coefficient (Wildman–Crippen LogP) is 6.03. The Balaban J connectivity index is 1.39. The standard InChI is InChI=1S/C35H41F2N5O4/c1-4-24-27(36)9-8-22-16-23(46-21-44-3)17-25(28(22)24)30-29(37)31-26(18-38-30)32(41-13-5-10-34(2,43)19-41)40-33(39-31)45-20-35-11-6-14-42(35)15-7-12-35/h8-9,16-18,43H,4-7,10-15,19-21H2,1-3H3/t34-/m1/s1. The molecule has 0 saturated carbocycles. The number of benzene rings is 2. The van der Waals surface area contributed by atoms with Crippen molar-refractivity contribution in [1.82, 2.24) is 19.9 Å². The molecule has 0 radical (unpaired) electrons. The summed E-state index contributed by atoms with van der Waals surface area (Å²) in [6, 6.07) is 6.64. The van der Waals surface area contributed by atoms with Gasteiger partial charge >= 0.3 is 6.01 Å². The van der Waals surface area contributed by atoms with Gasteiger partial charge in [0, 0.05) is 32.0 Å². The van der Waals surface area contributed by atoms with Crippen molar-refractivity contribution >= 4 is 27.5 Å². The van der Waals surface area contributed by atoms with E-state index in [-0.39, 0.29) is 35.4 Å². The van der Waals surface area contributed by atoms with Crippen LogP contribution in [0.2, 0.25) is 0 Å². The predicted molar refractivity (Wildman–Crippen MR) is 172 cm³/mol. The second kappa shape index (κ2) is 12.2. The molecule has 1 atom stereocenters. The molecular weight excluding hydrogens is 592 g/mol. The molecule has 4 aromatic rings. The number of anilines is 1. The van der Waals surface area contributed by atoms with Crippen LogP contribution in [0.4, 0.5) is 14.6 Å². The van der Waals surface area contributed by atoms with Gasteiger partial charge in [0.1, 0.15) is 35.2 Å². The molecule has 9 nitrogen and oxygen atoms in total. The number of halogens is 2. The van der Waals surface area contributed by atoms with E-state index in [4.69, 9.17) is 19.2 Å². The number of aryl methyl sites for hydroxylation is 1. The third-order valence-corrected chi connectivity index (χ3v) is 9.99. The van der Waals surface area contributed by atoms with Gasteiger partial charge in [0.15, 0.2) is 12.6 Å². The Morgan fingerprint density at radius 2 is 1.78 bits per heavy atom. The van der Waals surface area contributed by atoms with Crippen molar-refractivity contribution < 1.29 is 28.1 Å². The molecule has 0 amide bonds. The fraction of sp³-hybridized carbons (Fsp3) is 0.514. The Kier molecular flexibility index (Phi) is 8.19. The molecule has 1 N–H and O–H groups in total. The summed E-state index contributed by atoms with van der Waals surface area (Å²) in [6.07, 6.45) is 7.75. The van der Waals surface area contributed by atoms with Crippen LogP contribution < -0.4 is 14.4 Å². The minimum absolute atomic E-state index is 0.00375. The van der Waals surface area contributed by atoms with Gasteiger partial charge in [-0.15, -0.1) is 0 Å². The van der Waals surface area contributed by atoms with Crippen LogP contribution in [-0.2, 0) is 11.2 Å². The molecule has 3 aliphatic rings. The van der Waals surface area contributed by atoms with Crippen LogP contribution in [0.25, 0.3) is 32.9 Å². The lowest BCUT2D eigenvalue weighted by Gasteiger charge is -2.38. The van der Waals surface area contributed by atoms with Crippen LogP contribution >= 0.6 is 0 Å². The second-order valence-electron chi connectivity index (χ2n) is 13.2. The van der Waals surface area contributed by atoms with Gasteiger partial charge < -0.3 is 24.2 Å². The molecule has 46 heavy (non-hydrogen) atoms. The number of β-amino-alcohol motifs (C(OH)–C–C–N with tert-alkyl or cyclic N) is 1. The van der Waals surface area contributed by atoms with E-state index in [0.717, 1.165) is 45.2 Å². The van der Waals surface area contributed by atoms with Crippen molar-refractivity contribution in [3.8, 4) is 23.0 Å². The van der Waals surface area contributed by atoms with Crippen LogP contribution in [0, 0.1) is 11.6 Å². The molecule has 0 bridgehead atoms. The normalized spacial score (nSPS) is 21.3. The van der Waals surface area contributed by atoms with Crippen molar-refractivity contribution in [2.24, 2.45) is 0 Å². The molecule has 2 aromatic heterocycles. The zero-order valence-electron chi connectivity index (χ0n) is 26.7. The van der Waals surface area contributed by atoms with Gasteiger partial charge in [-0.25, -0.2) is 8.78 Å². The summed E-state index contributed by atoms with van der Waals surface area (Å²) < 4.78 is 49.3. The number of piperidine rings is 1. The van der Waals surface area contributed by atoms with Crippen molar-refractivity contribution in [1.29, 1.82) is 0 Å². The molecule has 0 spiro atoms. The zero-order valence-corrected chi connectivity index (χ0v) is 26.7. The Labute approximate surface area is 267 Å². The van der Waals surface area contributed by atoms with Crippen LogP contribution in [0.5, 0.6) is 11.8 Å². The van der Waals surface area contributed by atoms with E-state index in [0.29, 0.717) is 71.4 Å².